The molecule has 0 bridgehead atoms. The molecule has 5 rings (SSSR count). The van der Waals surface area contributed by atoms with Gasteiger partial charge in [0.1, 0.15) is 23.3 Å². The molecular formula is C30H30N4O3S. The maximum absolute atomic E-state index is 12.8. The first-order valence-electron chi connectivity index (χ1n) is 12.7. The second-order valence-electron chi connectivity index (χ2n) is 9.14. The molecule has 7 nitrogen and oxygen atoms in total. The van der Waals surface area contributed by atoms with Crippen LogP contribution >= 0.6 is 12.2 Å². The quantitative estimate of drug-likeness (QED) is 0.257. The molecule has 194 valence electrons. The molecule has 2 atom stereocenters. The number of nitrogens with one attached hydrogen (secondary N) is 2. The number of benzene rings is 2. The summed E-state index contributed by atoms with van der Waals surface area (Å²) in [5.74, 6) is 2.23. The minimum atomic E-state index is -0.263. The molecule has 0 radical (unpaired) electrons. The molecule has 2 aromatic carbocycles. The summed E-state index contributed by atoms with van der Waals surface area (Å²) in [5, 5.41) is 6.94. The van der Waals surface area contributed by atoms with Crippen molar-refractivity contribution in [3.8, 4) is 17.1 Å². The molecule has 1 aliphatic heterocycles. The average Bonchev–Trinajstić information content (AvgIpc) is 3.54. The Hall–Kier alpha value is -4.17. The van der Waals surface area contributed by atoms with Gasteiger partial charge < -0.3 is 24.7 Å². The molecule has 1 saturated heterocycles. The highest BCUT2D eigenvalue weighted by molar-refractivity contribution is 7.80. The molecule has 8 heteroatoms. The van der Waals surface area contributed by atoms with E-state index in [-0.39, 0.29) is 24.4 Å². The number of rotatable bonds is 9. The average molecular weight is 527 g/mol. The number of furan rings is 1. The van der Waals surface area contributed by atoms with E-state index in [9.17, 15) is 4.79 Å². The summed E-state index contributed by atoms with van der Waals surface area (Å²) in [7, 11) is 0. The van der Waals surface area contributed by atoms with Crippen molar-refractivity contribution in [2.45, 2.75) is 32.4 Å². The number of hydrogen-bond donors (Lipinski definition) is 2. The van der Waals surface area contributed by atoms with Crippen LogP contribution in [0, 0.1) is 6.92 Å². The summed E-state index contributed by atoms with van der Waals surface area (Å²) in [5.41, 5.74) is 3.72. The number of nitrogens with zero attached hydrogens (tertiary/aromatic N) is 2. The molecule has 38 heavy (non-hydrogen) atoms. The Balaban J connectivity index is 1.37. The first-order chi connectivity index (χ1) is 18.5. The van der Waals surface area contributed by atoms with Gasteiger partial charge in [-0.15, -0.1) is 0 Å². The van der Waals surface area contributed by atoms with Crippen molar-refractivity contribution in [2.24, 2.45) is 0 Å². The number of pyridine rings is 1. The lowest BCUT2D eigenvalue weighted by Crippen LogP contribution is -2.32. The second-order valence-corrected chi connectivity index (χ2v) is 9.53. The van der Waals surface area contributed by atoms with Gasteiger partial charge in [-0.2, -0.15) is 0 Å². The van der Waals surface area contributed by atoms with E-state index in [0.29, 0.717) is 18.3 Å². The maximum atomic E-state index is 12.8. The highest BCUT2D eigenvalue weighted by Crippen LogP contribution is 2.40. The summed E-state index contributed by atoms with van der Waals surface area (Å²) in [6.07, 6.45) is 2.04. The molecule has 2 aromatic heterocycles. The van der Waals surface area contributed by atoms with Crippen LogP contribution in [-0.2, 0) is 4.79 Å². The van der Waals surface area contributed by atoms with Crippen LogP contribution in [0.5, 0.6) is 5.75 Å². The Morgan fingerprint density at radius 1 is 1.08 bits per heavy atom. The third kappa shape index (κ3) is 5.70. The van der Waals surface area contributed by atoms with Crippen molar-refractivity contribution in [2.75, 3.05) is 18.5 Å². The minimum absolute atomic E-state index is 0.0776. The van der Waals surface area contributed by atoms with Crippen LogP contribution in [-0.4, -0.2) is 34.1 Å². The van der Waals surface area contributed by atoms with Gasteiger partial charge in [0, 0.05) is 30.4 Å². The summed E-state index contributed by atoms with van der Waals surface area (Å²) < 4.78 is 11.9. The Morgan fingerprint density at radius 3 is 2.58 bits per heavy atom. The van der Waals surface area contributed by atoms with Crippen LogP contribution in [0.3, 0.4) is 0 Å². The zero-order valence-electron chi connectivity index (χ0n) is 21.4. The van der Waals surface area contributed by atoms with Gasteiger partial charge in [-0.25, -0.2) is 0 Å². The zero-order chi connectivity index (χ0) is 26.5. The number of carbonyl (C=O) groups is 1. The van der Waals surface area contributed by atoms with Crippen molar-refractivity contribution in [1.29, 1.82) is 0 Å². The van der Waals surface area contributed by atoms with Crippen LogP contribution in [0.2, 0.25) is 0 Å². The van der Waals surface area contributed by atoms with Gasteiger partial charge >= 0.3 is 0 Å². The van der Waals surface area contributed by atoms with Crippen molar-refractivity contribution in [1.82, 2.24) is 15.2 Å². The number of amides is 1. The lowest BCUT2D eigenvalue weighted by molar-refractivity contribution is -0.116. The van der Waals surface area contributed by atoms with E-state index in [1.54, 1.807) is 6.20 Å². The number of aryl methyl sites for hydroxylation is 1. The molecule has 0 saturated carbocycles. The third-order valence-electron chi connectivity index (χ3n) is 6.48. The van der Waals surface area contributed by atoms with E-state index in [1.807, 2.05) is 97.6 Å². The van der Waals surface area contributed by atoms with Crippen molar-refractivity contribution in [3.05, 3.63) is 102 Å². The maximum Gasteiger partial charge on any atom is 0.226 e. The molecule has 2 unspecified atom stereocenters. The van der Waals surface area contributed by atoms with Gasteiger partial charge in [0.2, 0.25) is 5.91 Å². The second kappa shape index (κ2) is 11.5. The number of ether oxygens (including phenoxy) is 1. The molecule has 1 amide bonds. The normalized spacial score (nSPS) is 16.8. The van der Waals surface area contributed by atoms with Crippen LogP contribution in [0.4, 0.5) is 5.69 Å². The van der Waals surface area contributed by atoms with Crippen molar-refractivity contribution < 1.29 is 13.9 Å². The van der Waals surface area contributed by atoms with Gasteiger partial charge in [-0.3, -0.25) is 9.78 Å². The van der Waals surface area contributed by atoms with Crippen molar-refractivity contribution in [3.63, 3.8) is 0 Å². The monoisotopic (exact) mass is 526 g/mol. The molecule has 2 N–H and O–H groups in total. The summed E-state index contributed by atoms with van der Waals surface area (Å²) in [4.78, 5) is 19.4. The van der Waals surface area contributed by atoms with Gasteiger partial charge in [0.15, 0.2) is 5.11 Å². The minimum Gasteiger partial charge on any atom is -0.494 e. The summed E-state index contributed by atoms with van der Waals surface area (Å²) >= 11 is 5.73. The number of hydrogen-bond acceptors (Lipinski definition) is 5. The predicted octanol–water partition coefficient (Wildman–Crippen LogP) is 6.05. The Bertz CT molecular complexity index is 1390. The molecule has 3 heterocycles. The summed E-state index contributed by atoms with van der Waals surface area (Å²) in [6.45, 7) is 5.02. The molecule has 4 aromatic rings. The van der Waals surface area contributed by atoms with Gasteiger partial charge in [0.05, 0.1) is 18.3 Å². The van der Waals surface area contributed by atoms with E-state index in [1.165, 1.54) is 0 Å². The van der Waals surface area contributed by atoms with E-state index >= 15 is 0 Å². The SMILES string of the molecule is CCOc1ccc(-c2ccc(C3C(c4ccccn4)NC(=S)N3CCC(=O)Nc3ccc(C)cc3)o2)cc1. The van der Waals surface area contributed by atoms with Crippen molar-refractivity contribution >= 4 is 28.9 Å². The van der Waals surface area contributed by atoms with E-state index in [0.717, 1.165) is 39.8 Å². The first-order valence-corrected chi connectivity index (χ1v) is 13.1. The number of thiocarbonyl (C=S) groups is 1. The van der Waals surface area contributed by atoms with Gasteiger partial charge in [-0.1, -0.05) is 23.8 Å². The highest BCUT2D eigenvalue weighted by atomic mass is 32.1. The fraction of sp³-hybridized carbons (Fsp3) is 0.233. The number of anilines is 1. The fourth-order valence-corrected chi connectivity index (χ4v) is 4.92. The number of aromatic nitrogens is 1. The van der Waals surface area contributed by atoms with Gasteiger partial charge in [0.25, 0.3) is 0 Å². The van der Waals surface area contributed by atoms with Crippen LogP contribution in [0.25, 0.3) is 11.3 Å². The lowest BCUT2D eigenvalue weighted by Gasteiger charge is -2.25. The standard InChI is InChI=1S/C30H30N4O3S/c1-3-36-23-13-9-21(10-14-23)25-15-16-26(37-25)29-28(24-6-4-5-18-31-24)33-30(38)34(29)19-17-27(35)32-22-11-7-20(2)8-12-22/h4-16,18,28-29H,3,17,19H2,1-2H3,(H,32,35)(H,33,38). The van der Waals surface area contributed by atoms with Gasteiger partial charge in [-0.05, 0) is 86.7 Å². The first kappa shape index (κ1) is 25.5. The molecular weight excluding hydrogens is 496 g/mol. The fourth-order valence-electron chi connectivity index (χ4n) is 4.59. The zero-order valence-corrected chi connectivity index (χ0v) is 22.2. The van der Waals surface area contributed by atoms with E-state index in [2.05, 4.69) is 15.6 Å². The van der Waals surface area contributed by atoms with Crippen LogP contribution < -0.4 is 15.4 Å². The van der Waals surface area contributed by atoms with E-state index in [4.69, 9.17) is 21.4 Å². The number of carbonyl (C=O) groups excluding carboxylic acids is 1. The molecule has 0 spiro atoms. The topological polar surface area (TPSA) is 79.6 Å². The third-order valence-corrected chi connectivity index (χ3v) is 6.83. The highest BCUT2D eigenvalue weighted by Gasteiger charge is 2.41. The van der Waals surface area contributed by atoms with Crippen LogP contribution in [0.15, 0.2) is 89.5 Å². The van der Waals surface area contributed by atoms with Crippen LogP contribution in [0.1, 0.15) is 42.4 Å². The largest absolute Gasteiger partial charge is 0.494 e. The molecule has 0 aliphatic carbocycles. The molecule has 1 fully saturated rings. The summed E-state index contributed by atoms with van der Waals surface area (Å²) in [6, 6.07) is 24.8. The lowest BCUT2D eigenvalue weighted by atomic mass is 10.0. The smallest absolute Gasteiger partial charge is 0.226 e. The van der Waals surface area contributed by atoms with E-state index < -0.39 is 0 Å². The Labute approximate surface area is 227 Å². The Morgan fingerprint density at radius 2 is 1.87 bits per heavy atom. The Kier molecular flexibility index (Phi) is 7.70. The molecule has 1 aliphatic rings. The predicted molar refractivity (Wildman–Crippen MR) is 152 cm³/mol.